The fraction of sp³-hybridized carbons (Fsp3) is 0.538. The molecule has 5 heteroatoms. The molecule has 0 spiro atoms. The summed E-state index contributed by atoms with van der Waals surface area (Å²) in [6.07, 6.45) is 2.20. The smallest absolute Gasteiger partial charge is 0.157 e. The first-order chi connectivity index (χ1) is 8.76. The third-order valence-corrected chi connectivity index (χ3v) is 3.93. The summed E-state index contributed by atoms with van der Waals surface area (Å²) in [5.41, 5.74) is 0.836. The Morgan fingerprint density at radius 1 is 1.44 bits per heavy atom. The summed E-state index contributed by atoms with van der Waals surface area (Å²) in [7, 11) is 0. The fourth-order valence-electron chi connectivity index (χ4n) is 2.63. The molecule has 2 aromatic rings. The molecule has 1 atom stereocenters. The summed E-state index contributed by atoms with van der Waals surface area (Å²) in [5, 5.41) is 5.10. The monoisotopic (exact) mass is 264 g/mol. The van der Waals surface area contributed by atoms with Crippen LogP contribution in [0.4, 0.5) is 0 Å². The SMILES string of the molecule is CCN1CCC(Cc2nc3cccc(Cl)n3n2)C1. The van der Waals surface area contributed by atoms with Crippen molar-refractivity contribution in [3.05, 3.63) is 29.2 Å². The summed E-state index contributed by atoms with van der Waals surface area (Å²) < 4.78 is 1.71. The van der Waals surface area contributed by atoms with Crippen LogP contribution >= 0.6 is 11.6 Å². The van der Waals surface area contributed by atoms with E-state index in [0.717, 1.165) is 24.4 Å². The Morgan fingerprint density at radius 3 is 3.06 bits per heavy atom. The molecule has 96 valence electrons. The zero-order chi connectivity index (χ0) is 12.5. The van der Waals surface area contributed by atoms with Crippen molar-refractivity contribution in [2.45, 2.75) is 19.8 Å². The van der Waals surface area contributed by atoms with E-state index in [9.17, 15) is 0 Å². The second-order valence-corrected chi connectivity index (χ2v) is 5.29. The Hall–Kier alpha value is -1.13. The topological polar surface area (TPSA) is 33.4 Å². The highest BCUT2D eigenvalue weighted by Crippen LogP contribution is 2.20. The van der Waals surface area contributed by atoms with Gasteiger partial charge in [0.2, 0.25) is 0 Å². The molecule has 1 aliphatic rings. The molecule has 0 aliphatic carbocycles. The van der Waals surface area contributed by atoms with Crippen molar-refractivity contribution in [1.82, 2.24) is 19.5 Å². The van der Waals surface area contributed by atoms with Crippen LogP contribution in [-0.4, -0.2) is 39.1 Å². The van der Waals surface area contributed by atoms with E-state index in [0.29, 0.717) is 11.1 Å². The molecule has 2 aromatic heterocycles. The average Bonchev–Trinajstić information content (AvgIpc) is 2.96. The van der Waals surface area contributed by atoms with E-state index >= 15 is 0 Å². The Balaban J connectivity index is 1.77. The van der Waals surface area contributed by atoms with Gasteiger partial charge in [0.1, 0.15) is 5.15 Å². The molecule has 3 heterocycles. The van der Waals surface area contributed by atoms with Gasteiger partial charge in [0.05, 0.1) is 0 Å². The molecule has 0 bridgehead atoms. The van der Waals surface area contributed by atoms with Crippen molar-refractivity contribution in [3.63, 3.8) is 0 Å². The van der Waals surface area contributed by atoms with Gasteiger partial charge in [-0.2, -0.15) is 0 Å². The van der Waals surface area contributed by atoms with Crippen molar-refractivity contribution in [2.75, 3.05) is 19.6 Å². The highest BCUT2D eigenvalue weighted by molar-refractivity contribution is 6.29. The van der Waals surface area contributed by atoms with Gasteiger partial charge in [0.15, 0.2) is 11.5 Å². The van der Waals surface area contributed by atoms with Gasteiger partial charge < -0.3 is 4.90 Å². The van der Waals surface area contributed by atoms with Crippen molar-refractivity contribution >= 4 is 17.2 Å². The number of pyridine rings is 1. The molecule has 18 heavy (non-hydrogen) atoms. The number of aromatic nitrogens is 3. The van der Waals surface area contributed by atoms with Crippen LogP contribution in [0.25, 0.3) is 5.65 Å². The van der Waals surface area contributed by atoms with Crippen molar-refractivity contribution in [3.8, 4) is 0 Å². The quantitative estimate of drug-likeness (QED) is 0.798. The van der Waals surface area contributed by atoms with Gasteiger partial charge in [-0.05, 0) is 37.6 Å². The highest BCUT2D eigenvalue weighted by atomic mass is 35.5. The molecule has 0 aromatic carbocycles. The molecule has 3 rings (SSSR count). The van der Waals surface area contributed by atoms with E-state index in [2.05, 4.69) is 21.9 Å². The van der Waals surface area contributed by atoms with Gasteiger partial charge in [-0.1, -0.05) is 24.6 Å². The summed E-state index contributed by atoms with van der Waals surface area (Å²) in [5.74, 6) is 1.59. The minimum Gasteiger partial charge on any atom is -0.303 e. The maximum Gasteiger partial charge on any atom is 0.157 e. The molecule has 0 saturated carbocycles. The molecular formula is C13H17ClN4. The van der Waals surface area contributed by atoms with Crippen LogP contribution in [0.5, 0.6) is 0 Å². The number of likely N-dealkylation sites (tertiary alicyclic amines) is 1. The van der Waals surface area contributed by atoms with E-state index in [-0.39, 0.29) is 0 Å². The molecule has 1 unspecified atom stereocenters. The van der Waals surface area contributed by atoms with Crippen LogP contribution in [-0.2, 0) is 6.42 Å². The van der Waals surface area contributed by atoms with Crippen LogP contribution in [0.3, 0.4) is 0 Å². The summed E-state index contributed by atoms with van der Waals surface area (Å²) >= 11 is 6.08. The standard InChI is InChI=1S/C13H17ClN4/c1-2-17-7-6-10(9-17)8-12-15-13-5-3-4-11(14)18(13)16-12/h3-5,10H,2,6-9H2,1H3. The highest BCUT2D eigenvalue weighted by Gasteiger charge is 2.22. The van der Waals surface area contributed by atoms with Crippen molar-refractivity contribution in [1.29, 1.82) is 0 Å². The Kier molecular flexibility index (Phi) is 3.22. The first kappa shape index (κ1) is 11.9. The molecule has 1 fully saturated rings. The van der Waals surface area contributed by atoms with Crippen LogP contribution in [0.15, 0.2) is 18.2 Å². The number of nitrogens with zero attached hydrogens (tertiary/aromatic N) is 4. The molecule has 1 saturated heterocycles. The van der Waals surface area contributed by atoms with Gasteiger partial charge in [-0.3, -0.25) is 0 Å². The Bertz CT molecular complexity index is 551. The molecule has 0 amide bonds. The van der Waals surface area contributed by atoms with Gasteiger partial charge >= 0.3 is 0 Å². The average molecular weight is 265 g/mol. The predicted molar refractivity (Wildman–Crippen MR) is 71.9 cm³/mol. The van der Waals surface area contributed by atoms with Gasteiger partial charge in [-0.25, -0.2) is 9.50 Å². The van der Waals surface area contributed by atoms with Crippen LogP contribution in [0.2, 0.25) is 5.15 Å². The van der Waals surface area contributed by atoms with Crippen molar-refractivity contribution < 1.29 is 0 Å². The minimum absolute atomic E-state index is 0.618. The summed E-state index contributed by atoms with van der Waals surface area (Å²) in [6.45, 7) is 5.72. The van der Waals surface area contributed by atoms with E-state index in [1.165, 1.54) is 19.5 Å². The number of hydrogen-bond acceptors (Lipinski definition) is 3. The summed E-state index contributed by atoms with van der Waals surface area (Å²) in [4.78, 5) is 7.02. The lowest BCUT2D eigenvalue weighted by atomic mass is 10.1. The zero-order valence-electron chi connectivity index (χ0n) is 10.5. The lowest BCUT2D eigenvalue weighted by molar-refractivity contribution is 0.341. The lowest BCUT2D eigenvalue weighted by Crippen LogP contribution is -2.20. The third kappa shape index (κ3) is 2.22. The normalized spacial score (nSPS) is 20.9. The number of rotatable bonds is 3. The zero-order valence-corrected chi connectivity index (χ0v) is 11.3. The molecule has 0 radical (unpaired) electrons. The maximum absolute atomic E-state index is 6.08. The van der Waals surface area contributed by atoms with E-state index in [1.807, 2.05) is 18.2 Å². The largest absolute Gasteiger partial charge is 0.303 e. The van der Waals surface area contributed by atoms with E-state index in [4.69, 9.17) is 11.6 Å². The number of hydrogen-bond donors (Lipinski definition) is 0. The molecular weight excluding hydrogens is 248 g/mol. The van der Waals surface area contributed by atoms with E-state index < -0.39 is 0 Å². The molecule has 1 aliphatic heterocycles. The number of halogens is 1. The first-order valence-corrected chi connectivity index (χ1v) is 6.86. The predicted octanol–water partition coefficient (Wildman–Crippen LogP) is 2.27. The summed E-state index contributed by atoms with van der Waals surface area (Å²) in [6, 6.07) is 5.68. The molecule has 4 nitrogen and oxygen atoms in total. The van der Waals surface area contributed by atoms with Gasteiger partial charge in [-0.15, -0.1) is 5.10 Å². The first-order valence-electron chi connectivity index (χ1n) is 6.49. The molecule has 0 N–H and O–H groups in total. The van der Waals surface area contributed by atoms with Gasteiger partial charge in [0.25, 0.3) is 0 Å². The fourth-order valence-corrected chi connectivity index (χ4v) is 2.83. The lowest BCUT2D eigenvalue weighted by Gasteiger charge is -2.11. The van der Waals surface area contributed by atoms with Crippen LogP contribution in [0.1, 0.15) is 19.2 Å². The van der Waals surface area contributed by atoms with Gasteiger partial charge in [0, 0.05) is 13.0 Å². The minimum atomic E-state index is 0.618. The third-order valence-electron chi connectivity index (χ3n) is 3.65. The van der Waals surface area contributed by atoms with E-state index in [1.54, 1.807) is 4.52 Å². The maximum atomic E-state index is 6.08. The van der Waals surface area contributed by atoms with Crippen molar-refractivity contribution in [2.24, 2.45) is 5.92 Å². The Morgan fingerprint density at radius 2 is 2.33 bits per heavy atom. The Labute approximate surface area is 112 Å². The second-order valence-electron chi connectivity index (χ2n) is 4.90. The second kappa shape index (κ2) is 4.86. The van der Waals surface area contributed by atoms with Crippen LogP contribution in [0, 0.1) is 5.92 Å². The number of fused-ring (bicyclic) bond motifs is 1. The van der Waals surface area contributed by atoms with Crippen LogP contribution < -0.4 is 0 Å².